The van der Waals surface area contributed by atoms with Crippen molar-refractivity contribution in [3.8, 4) is 44.5 Å². The number of hydrogen-bond donors (Lipinski definition) is 0. The SMILES string of the molecule is CC1(C)c2ccc(-c3ccc4c(c3)sc3c4ccc4c5ccccc5sc43)cc2-c2ccc(-c3c4ccccc4c(-c4cccc5ccccc45)c4ccccc34)cc21. The quantitative estimate of drug-likeness (QED) is 0.157. The zero-order chi connectivity index (χ0) is 39.0. The number of hydrogen-bond acceptors (Lipinski definition) is 2. The Morgan fingerprint density at radius 1 is 0.322 bits per heavy atom. The Morgan fingerprint density at radius 2 is 0.864 bits per heavy atom. The molecule has 1 aliphatic rings. The summed E-state index contributed by atoms with van der Waals surface area (Å²) in [6, 6.07) is 68.6. The van der Waals surface area contributed by atoms with Gasteiger partial charge in [-0.3, -0.25) is 0 Å². The smallest absolute Gasteiger partial charge is 0.0534 e. The third-order valence-electron chi connectivity index (χ3n) is 13.3. The summed E-state index contributed by atoms with van der Waals surface area (Å²) in [5, 5.41) is 13.1. The first-order valence-corrected chi connectivity index (χ1v) is 22.1. The molecule has 0 bridgehead atoms. The molecule has 10 aromatic carbocycles. The molecule has 12 aromatic rings. The standard InChI is InChI=1S/C57H36S2/c1-57(2)49-29-24-34(35-22-26-40-47-28-27-46-39-15-9-10-21-51(39)58-55(46)56(47)59-52(40)32-35)30-48(49)38-25-23-36(31-50(38)57)53-42-16-5-7-18-44(42)54(45-19-8-6-17-43(45)53)41-20-11-13-33-12-3-4-14-37(33)41/h3-32H,1-2H3. The molecular weight excluding hydrogens is 749 g/mol. The van der Waals surface area contributed by atoms with E-state index in [1.807, 2.05) is 22.7 Å². The van der Waals surface area contributed by atoms with E-state index in [4.69, 9.17) is 0 Å². The molecule has 0 amide bonds. The average Bonchev–Trinajstić information content (AvgIpc) is 3.92. The summed E-state index contributed by atoms with van der Waals surface area (Å²) < 4.78 is 5.52. The predicted octanol–water partition coefficient (Wildman–Crippen LogP) is 17.2. The van der Waals surface area contributed by atoms with Crippen molar-refractivity contribution in [3.63, 3.8) is 0 Å². The highest BCUT2D eigenvalue weighted by Gasteiger charge is 2.36. The predicted molar refractivity (Wildman–Crippen MR) is 259 cm³/mol. The Morgan fingerprint density at radius 3 is 1.61 bits per heavy atom. The highest BCUT2D eigenvalue weighted by atomic mass is 32.1. The summed E-state index contributed by atoms with van der Waals surface area (Å²) in [5.74, 6) is 0. The van der Waals surface area contributed by atoms with Crippen molar-refractivity contribution in [2.75, 3.05) is 0 Å². The van der Waals surface area contributed by atoms with Gasteiger partial charge in [-0.1, -0.05) is 172 Å². The van der Waals surface area contributed by atoms with Crippen LogP contribution in [0.3, 0.4) is 0 Å². The van der Waals surface area contributed by atoms with Crippen LogP contribution < -0.4 is 0 Å². The topological polar surface area (TPSA) is 0 Å². The normalized spacial score (nSPS) is 13.4. The Kier molecular flexibility index (Phi) is 6.92. The summed E-state index contributed by atoms with van der Waals surface area (Å²) in [5.41, 5.74) is 13.0. The van der Waals surface area contributed by atoms with Gasteiger partial charge >= 0.3 is 0 Å². The largest absolute Gasteiger partial charge is 0.134 e. The summed E-state index contributed by atoms with van der Waals surface area (Å²) in [4.78, 5) is 0. The molecule has 0 nitrogen and oxygen atoms in total. The summed E-state index contributed by atoms with van der Waals surface area (Å²) in [6.07, 6.45) is 0. The second-order valence-corrected chi connectivity index (χ2v) is 18.8. The fraction of sp³-hybridized carbons (Fsp3) is 0.0526. The van der Waals surface area contributed by atoms with Crippen LogP contribution in [-0.4, -0.2) is 0 Å². The lowest BCUT2D eigenvalue weighted by molar-refractivity contribution is 0.660. The van der Waals surface area contributed by atoms with Crippen LogP contribution in [0, 0.1) is 0 Å². The Hall–Kier alpha value is -6.58. The highest BCUT2D eigenvalue weighted by molar-refractivity contribution is 7.33. The van der Waals surface area contributed by atoms with E-state index >= 15 is 0 Å². The second kappa shape index (κ2) is 12.2. The van der Waals surface area contributed by atoms with E-state index in [1.165, 1.54) is 128 Å². The molecule has 2 heteroatoms. The van der Waals surface area contributed by atoms with Crippen LogP contribution in [0.5, 0.6) is 0 Å². The molecule has 276 valence electrons. The van der Waals surface area contributed by atoms with E-state index in [9.17, 15) is 0 Å². The lowest BCUT2D eigenvalue weighted by Gasteiger charge is -2.23. The second-order valence-electron chi connectivity index (χ2n) is 16.7. The molecule has 0 saturated carbocycles. The highest BCUT2D eigenvalue weighted by Crippen LogP contribution is 2.53. The maximum Gasteiger partial charge on any atom is 0.0534 e. The van der Waals surface area contributed by atoms with Gasteiger partial charge in [0.1, 0.15) is 0 Å². The first-order chi connectivity index (χ1) is 29.0. The minimum absolute atomic E-state index is 0.140. The first-order valence-electron chi connectivity index (χ1n) is 20.5. The monoisotopic (exact) mass is 784 g/mol. The van der Waals surface area contributed by atoms with Crippen LogP contribution in [0.15, 0.2) is 182 Å². The van der Waals surface area contributed by atoms with Gasteiger partial charge in [-0.2, -0.15) is 0 Å². The van der Waals surface area contributed by atoms with E-state index in [1.54, 1.807) is 0 Å². The summed E-state index contributed by atoms with van der Waals surface area (Å²) in [7, 11) is 0. The molecule has 59 heavy (non-hydrogen) atoms. The first kappa shape index (κ1) is 33.4. The van der Waals surface area contributed by atoms with Crippen LogP contribution in [0.25, 0.3) is 117 Å². The zero-order valence-corrected chi connectivity index (χ0v) is 34.3. The van der Waals surface area contributed by atoms with Gasteiger partial charge < -0.3 is 0 Å². The van der Waals surface area contributed by atoms with Crippen molar-refractivity contribution in [1.29, 1.82) is 0 Å². The molecule has 13 rings (SSSR count). The summed E-state index contributed by atoms with van der Waals surface area (Å²) >= 11 is 3.86. The van der Waals surface area contributed by atoms with Crippen LogP contribution >= 0.6 is 22.7 Å². The Bertz CT molecular complexity index is 3700. The maximum absolute atomic E-state index is 2.50. The molecule has 0 unspecified atom stereocenters. The number of benzene rings is 10. The molecule has 0 fully saturated rings. The minimum Gasteiger partial charge on any atom is -0.134 e. The van der Waals surface area contributed by atoms with E-state index in [-0.39, 0.29) is 5.41 Å². The fourth-order valence-electron chi connectivity index (χ4n) is 10.5. The van der Waals surface area contributed by atoms with E-state index in [0.717, 1.165) is 0 Å². The van der Waals surface area contributed by atoms with Crippen molar-refractivity contribution >= 4 is 95.3 Å². The number of rotatable bonds is 3. The van der Waals surface area contributed by atoms with Crippen molar-refractivity contribution in [2.24, 2.45) is 0 Å². The average molecular weight is 785 g/mol. The van der Waals surface area contributed by atoms with Crippen LogP contribution in [0.2, 0.25) is 0 Å². The van der Waals surface area contributed by atoms with Crippen LogP contribution in [-0.2, 0) is 5.41 Å². The lowest BCUT2D eigenvalue weighted by atomic mass is 9.80. The third-order valence-corrected chi connectivity index (χ3v) is 15.8. The van der Waals surface area contributed by atoms with Gasteiger partial charge in [0.2, 0.25) is 0 Å². The molecule has 0 saturated heterocycles. The van der Waals surface area contributed by atoms with Crippen molar-refractivity contribution in [3.05, 3.63) is 193 Å². The van der Waals surface area contributed by atoms with Crippen molar-refractivity contribution in [2.45, 2.75) is 19.3 Å². The molecule has 0 aliphatic heterocycles. The maximum atomic E-state index is 2.50. The molecule has 0 spiro atoms. The molecule has 0 radical (unpaired) electrons. The van der Waals surface area contributed by atoms with Crippen molar-refractivity contribution < 1.29 is 0 Å². The molecule has 0 N–H and O–H groups in total. The zero-order valence-electron chi connectivity index (χ0n) is 32.6. The van der Waals surface area contributed by atoms with Gasteiger partial charge in [0.15, 0.2) is 0 Å². The van der Waals surface area contributed by atoms with Gasteiger partial charge in [0.25, 0.3) is 0 Å². The number of fused-ring (bicyclic) bond motifs is 13. The van der Waals surface area contributed by atoms with Gasteiger partial charge in [-0.05, 0) is 112 Å². The molecule has 1 aliphatic carbocycles. The Labute approximate surface area is 350 Å². The lowest BCUT2D eigenvalue weighted by Crippen LogP contribution is -2.15. The third kappa shape index (κ3) is 4.70. The minimum atomic E-state index is -0.140. The van der Waals surface area contributed by atoms with E-state index in [2.05, 4.69) is 196 Å². The van der Waals surface area contributed by atoms with E-state index < -0.39 is 0 Å². The molecular formula is C57H36S2. The number of thiophene rings is 2. The Balaban J connectivity index is 0.952. The van der Waals surface area contributed by atoms with Gasteiger partial charge in [0, 0.05) is 36.4 Å². The summed E-state index contributed by atoms with van der Waals surface area (Å²) in [6.45, 7) is 4.80. The van der Waals surface area contributed by atoms with Crippen LogP contribution in [0.4, 0.5) is 0 Å². The van der Waals surface area contributed by atoms with Gasteiger partial charge in [-0.15, -0.1) is 22.7 Å². The van der Waals surface area contributed by atoms with Crippen LogP contribution in [0.1, 0.15) is 25.0 Å². The molecule has 2 heterocycles. The molecule has 0 atom stereocenters. The fourth-order valence-corrected chi connectivity index (χ4v) is 13.0. The van der Waals surface area contributed by atoms with Gasteiger partial charge in [-0.25, -0.2) is 0 Å². The van der Waals surface area contributed by atoms with E-state index in [0.29, 0.717) is 0 Å². The molecule has 2 aromatic heterocycles. The van der Waals surface area contributed by atoms with Gasteiger partial charge in [0.05, 0.1) is 9.40 Å². The van der Waals surface area contributed by atoms with Crippen molar-refractivity contribution in [1.82, 2.24) is 0 Å².